The van der Waals surface area contributed by atoms with E-state index in [1.165, 1.54) is 19.2 Å². The van der Waals surface area contributed by atoms with Gasteiger partial charge in [0.1, 0.15) is 24.1 Å². The number of nitriles is 1. The molecule has 1 aromatic heterocycles. The first-order valence-corrected chi connectivity index (χ1v) is 6.39. The van der Waals surface area contributed by atoms with Crippen LogP contribution in [0.15, 0.2) is 18.2 Å². The minimum absolute atomic E-state index is 0.0179. The molecule has 9 heteroatoms. The third-order valence-electron chi connectivity index (χ3n) is 2.87. The second kappa shape index (κ2) is 6.74. The number of halogens is 2. The largest absolute Gasteiger partial charge is 0.493 e. The molecule has 1 heterocycles. The quantitative estimate of drug-likeness (QED) is 0.861. The number of methoxy groups -OCH3 is 1. The van der Waals surface area contributed by atoms with E-state index in [1.54, 1.807) is 6.07 Å². The third-order valence-corrected chi connectivity index (χ3v) is 2.87. The zero-order valence-electron chi connectivity index (χ0n) is 12.1. The van der Waals surface area contributed by atoms with E-state index in [4.69, 9.17) is 20.9 Å². The predicted molar refractivity (Wildman–Crippen MR) is 79.1 cm³/mol. The summed E-state index contributed by atoms with van der Waals surface area (Å²) in [5.41, 5.74) is 11.5. The van der Waals surface area contributed by atoms with E-state index >= 15 is 0 Å². The van der Waals surface area contributed by atoms with Gasteiger partial charge in [-0.25, -0.2) is 13.8 Å². The number of hydrogen-bond acceptors (Lipinski definition) is 7. The van der Waals surface area contributed by atoms with Crippen LogP contribution < -0.4 is 20.9 Å². The summed E-state index contributed by atoms with van der Waals surface area (Å²) in [4.78, 5) is 7.69. The van der Waals surface area contributed by atoms with Crippen molar-refractivity contribution in [3.8, 4) is 28.8 Å². The molecular weight excluding hydrogens is 308 g/mol. The summed E-state index contributed by atoms with van der Waals surface area (Å²) >= 11 is 0. The maximum Gasteiger partial charge on any atom is 0.272 e. The van der Waals surface area contributed by atoms with Gasteiger partial charge in [0.2, 0.25) is 5.95 Å². The van der Waals surface area contributed by atoms with Crippen molar-refractivity contribution in [2.75, 3.05) is 25.2 Å². The number of nitrogens with zero attached hydrogens (tertiary/aromatic N) is 3. The van der Waals surface area contributed by atoms with Crippen LogP contribution in [0, 0.1) is 11.3 Å². The number of hydrogen-bond donors (Lipinski definition) is 2. The number of para-hydroxylation sites is 1. The zero-order chi connectivity index (χ0) is 17.0. The first-order chi connectivity index (χ1) is 11.0. The second-order valence-electron chi connectivity index (χ2n) is 4.34. The van der Waals surface area contributed by atoms with Gasteiger partial charge in [0, 0.05) is 5.56 Å². The molecule has 0 bridgehead atoms. The van der Waals surface area contributed by atoms with Gasteiger partial charge in [-0.3, -0.25) is 0 Å². The monoisotopic (exact) mass is 321 g/mol. The highest BCUT2D eigenvalue weighted by atomic mass is 19.3. The van der Waals surface area contributed by atoms with Crippen LogP contribution >= 0.6 is 0 Å². The average molecular weight is 321 g/mol. The standard InChI is InChI=1S/C14H13F2N5O2/c1-22-9-4-2-3-7(12(9)23-6-10(15)16)11-8(5-17)13(18)21-14(19)20-11/h2-4,10H,6H2,1H3,(H4,18,19,20,21). The molecule has 2 rings (SSSR count). The number of ether oxygens (including phenoxy) is 2. The molecular formula is C14H13F2N5O2. The number of nitrogens with two attached hydrogens (primary N) is 2. The summed E-state index contributed by atoms with van der Waals surface area (Å²) in [5, 5.41) is 9.24. The smallest absolute Gasteiger partial charge is 0.272 e. The van der Waals surface area contributed by atoms with E-state index in [9.17, 15) is 14.0 Å². The molecule has 0 saturated carbocycles. The number of aromatic nitrogens is 2. The van der Waals surface area contributed by atoms with Gasteiger partial charge in [-0.05, 0) is 12.1 Å². The van der Waals surface area contributed by atoms with Crippen molar-refractivity contribution in [2.24, 2.45) is 0 Å². The molecule has 4 N–H and O–H groups in total. The van der Waals surface area contributed by atoms with Crippen LogP contribution in [0.3, 0.4) is 0 Å². The van der Waals surface area contributed by atoms with Crippen molar-refractivity contribution < 1.29 is 18.3 Å². The second-order valence-corrected chi connectivity index (χ2v) is 4.34. The Labute approximate surface area is 130 Å². The molecule has 0 fully saturated rings. The van der Waals surface area contributed by atoms with Crippen molar-refractivity contribution >= 4 is 11.8 Å². The molecule has 0 atom stereocenters. The number of alkyl halides is 2. The molecule has 0 saturated heterocycles. The minimum atomic E-state index is -2.68. The summed E-state index contributed by atoms with van der Waals surface area (Å²) in [6.07, 6.45) is -2.68. The summed E-state index contributed by atoms with van der Waals surface area (Å²) in [6, 6.07) is 6.53. The number of nitrogen functional groups attached to an aromatic ring is 2. The zero-order valence-corrected chi connectivity index (χ0v) is 12.1. The van der Waals surface area contributed by atoms with E-state index < -0.39 is 13.0 Å². The fraction of sp³-hybridized carbons (Fsp3) is 0.214. The third kappa shape index (κ3) is 3.37. The van der Waals surface area contributed by atoms with E-state index in [1.807, 2.05) is 6.07 Å². The first-order valence-electron chi connectivity index (χ1n) is 6.39. The highest BCUT2D eigenvalue weighted by Crippen LogP contribution is 2.39. The van der Waals surface area contributed by atoms with Gasteiger partial charge in [0.15, 0.2) is 11.5 Å². The number of anilines is 2. The van der Waals surface area contributed by atoms with Crippen molar-refractivity contribution in [3.05, 3.63) is 23.8 Å². The fourth-order valence-electron chi connectivity index (χ4n) is 1.96. The Morgan fingerprint density at radius 2 is 2.04 bits per heavy atom. The lowest BCUT2D eigenvalue weighted by Gasteiger charge is -2.15. The van der Waals surface area contributed by atoms with Crippen LogP contribution in [0.1, 0.15) is 5.56 Å². The molecule has 23 heavy (non-hydrogen) atoms. The topological polar surface area (TPSA) is 120 Å². The average Bonchev–Trinajstić information content (AvgIpc) is 2.51. The Kier molecular flexibility index (Phi) is 4.75. The molecule has 0 amide bonds. The van der Waals surface area contributed by atoms with Gasteiger partial charge in [0.05, 0.1) is 12.8 Å². The molecule has 1 aromatic carbocycles. The highest BCUT2D eigenvalue weighted by molar-refractivity contribution is 5.79. The molecule has 0 unspecified atom stereocenters. The number of rotatable bonds is 5. The summed E-state index contributed by atoms with van der Waals surface area (Å²) in [5.74, 6) is -0.0381. The Morgan fingerprint density at radius 3 is 2.65 bits per heavy atom. The van der Waals surface area contributed by atoms with Crippen LogP contribution in [0.2, 0.25) is 0 Å². The maximum absolute atomic E-state index is 12.5. The van der Waals surface area contributed by atoms with Gasteiger partial charge in [-0.2, -0.15) is 10.2 Å². The van der Waals surface area contributed by atoms with Gasteiger partial charge in [0.25, 0.3) is 6.43 Å². The van der Waals surface area contributed by atoms with Crippen LogP contribution in [0.25, 0.3) is 11.3 Å². The Hall–Kier alpha value is -3.15. The van der Waals surface area contributed by atoms with Gasteiger partial charge >= 0.3 is 0 Å². The van der Waals surface area contributed by atoms with Crippen LogP contribution in [0.4, 0.5) is 20.5 Å². The Balaban J connectivity index is 2.66. The van der Waals surface area contributed by atoms with E-state index in [0.29, 0.717) is 0 Å². The van der Waals surface area contributed by atoms with Crippen molar-refractivity contribution in [1.82, 2.24) is 9.97 Å². The minimum Gasteiger partial charge on any atom is -0.493 e. The van der Waals surface area contributed by atoms with Gasteiger partial charge < -0.3 is 20.9 Å². The predicted octanol–water partition coefficient (Wildman–Crippen LogP) is 1.83. The summed E-state index contributed by atoms with van der Waals surface area (Å²) in [7, 11) is 1.36. The van der Waals surface area contributed by atoms with Gasteiger partial charge in [-0.15, -0.1) is 0 Å². The normalized spacial score (nSPS) is 10.4. The van der Waals surface area contributed by atoms with E-state index in [2.05, 4.69) is 9.97 Å². The Morgan fingerprint density at radius 1 is 1.30 bits per heavy atom. The molecule has 0 aliphatic rings. The lowest BCUT2D eigenvalue weighted by molar-refractivity contribution is 0.0807. The fourth-order valence-corrected chi connectivity index (χ4v) is 1.96. The summed E-state index contributed by atoms with van der Waals surface area (Å²) < 4.78 is 35.2. The highest BCUT2D eigenvalue weighted by Gasteiger charge is 2.20. The van der Waals surface area contributed by atoms with Crippen LogP contribution in [0.5, 0.6) is 11.5 Å². The molecule has 7 nitrogen and oxygen atoms in total. The van der Waals surface area contributed by atoms with E-state index in [0.717, 1.165) is 0 Å². The molecule has 0 spiro atoms. The molecule has 0 aliphatic heterocycles. The van der Waals surface area contributed by atoms with Crippen LogP contribution in [-0.4, -0.2) is 30.1 Å². The van der Waals surface area contributed by atoms with Gasteiger partial charge in [-0.1, -0.05) is 6.07 Å². The van der Waals surface area contributed by atoms with E-state index in [-0.39, 0.29) is 40.1 Å². The molecule has 0 aliphatic carbocycles. The maximum atomic E-state index is 12.5. The van der Waals surface area contributed by atoms with Crippen LogP contribution in [-0.2, 0) is 0 Å². The summed E-state index contributed by atoms with van der Waals surface area (Å²) in [6.45, 7) is -0.842. The van der Waals surface area contributed by atoms with Crippen molar-refractivity contribution in [3.63, 3.8) is 0 Å². The molecule has 120 valence electrons. The Bertz CT molecular complexity index is 762. The molecule has 2 aromatic rings. The van der Waals surface area contributed by atoms with Crippen molar-refractivity contribution in [1.29, 1.82) is 5.26 Å². The first kappa shape index (κ1) is 16.2. The van der Waals surface area contributed by atoms with Crippen molar-refractivity contribution in [2.45, 2.75) is 6.43 Å². The SMILES string of the molecule is COc1cccc(-c2nc(N)nc(N)c2C#N)c1OCC(F)F. The number of benzene rings is 1. The lowest BCUT2D eigenvalue weighted by Crippen LogP contribution is -2.10. The molecule has 0 radical (unpaired) electrons. The lowest BCUT2D eigenvalue weighted by atomic mass is 10.1.